The largest absolute Gasteiger partial charge is 0.390 e. The van der Waals surface area contributed by atoms with Crippen molar-refractivity contribution in [3.05, 3.63) is 16.1 Å². The first-order valence-electron chi connectivity index (χ1n) is 5.56. The number of rotatable bonds is 7. The number of aliphatic hydroxyl groups is 1. The maximum atomic E-state index is 8.92. The van der Waals surface area contributed by atoms with Gasteiger partial charge in [-0.05, 0) is 25.9 Å². The monoisotopic (exact) mass is 228 g/mol. The van der Waals surface area contributed by atoms with Crippen molar-refractivity contribution in [2.75, 3.05) is 13.1 Å². The van der Waals surface area contributed by atoms with Gasteiger partial charge in [-0.15, -0.1) is 11.3 Å². The maximum absolute atomic E-state index is 8.92. The molecule has 0 unspecified atom stereocenters. The van der Waals surface area contributed by atoms with E-state index in [4.69, 9.17) is 5.11 Å². The molecule has 0 radical (unpaired) electrons. The quantitative estimate of drug-likeness (QED) is 0.777. The molecule has 4 heteroatoms. The van der Waals surface area contributed by atoms with Gasteiger partial charge in [-0.1, -0.05) is 13.8 Å². The Labute approximate surface area is 95.8 Å². The van der Waals surface area contributed by atoms with Crippen molar-refractivity contribution in [1.82, 2.24) is 9.88 Å². The third-order valence-electron chi connectivity index (χ3n) is 2.20. The summed E-state index contributed by atoms with van der Waals surface area (Å²) in [7, 11) is 0. The molecule has 0 aliphatic rings. The number of hydrogen-bond acceptors (Lipinski definition) is 4. The molecule has 1 rings (SSSR count). The molecule has 0 spiro atoms. The standard InChI is InChI=1S/C11H20N2OS/c1-3-5-13(6-4-2)7-11-12-10(8-14)9-15-11/h9,14H,3-8H2,1-2H3. The summed E-state index contributed by atoms with van der Waals surface area (Å²) in [6, 6.07) is 0. The lowest BCUT2D eigenvalue weighted by atomic mass is 10.3. The zero-order chi connectivity index (χ0) is 11.1. The molecule has 1 N–H and O–H groups in total. The average molecular weight is 228 g/mol. The van der Waals surface area contributed by atoms with E-state index in [0.717, 1.165) is 30.3 Å². The van der Waals surface area contributed by atoms with Crippen LogP contribution in [0, 0.1) is 0 Å². The molecule has 1 aromatic heterocycles. The van der Waals surface area contributed by atoms with Crippen LogP contribution >= 0.6 is 11.3 Å². The molecular formula is C11H20N2OS. The van der Waals surface area contributed by atoms with Crippen LogP contribution in [0.15, 0.2) is 5.38 Å². The van der Waals surface area contributed by atoms with Crippen LogP contribution < -0.4 is 0 Å². The summed E-state index contributed by atoms with van der Waals surface area (Å²) >= 11 is 1.64. The van der Waals surface area contributed by atoms with E-state index >= 15 is 0 Å². The van der Waals surface area contributed by atoms with Gasteiger partial charge in [0, 0.05) is 5.38 Å². The SMILES string of the molecule is CCCN(CCC)Cc1nc(CO)cs1. The lowest BCUT2D eigenvalue weighted by Gasteiger charge is -2.19. The molecule has 0 saturated heterocycles. The van der Waals surface area contributed by atoms with Gasteiger partial charge in [-0.25, -0.2) is 4.98 Å². The Morgan fingerprint density at radius 1 is 1.33 bits per heavy atom. The molecule has 0 amide bonds. The predicted octanol–water partition coefficient (Wildman–Crippen LogP) is 2.26. The number of thiazole rings is 1. The summed E-state index contributed by atoms with van der Waals surface area (Å²) in [5.74, 6) is 0. The van der Waals surface area contributed by atoms with Gasteiger partial charge in [0.15, 0.2) is 0 Å². The van der Waals surface area contributed by atoms with E-state index in [2.05, 4.69) is 23.7 Å². The Hall–Kier alpha value is -0.450. The number of aromatic nitrogens is 1. The number of nitrogens with zero attached hydrogens (tertiary/aromatic N) is 2. The van der Waals surface area contributed by atoms with Crippen LogP contribution in [-0.4, -0.2) is 28.1 Å². The highest BCUT2D eigenvalue weighted by Gasteiger charge is 2.07. The molecule has 0 aromatic carbocycles. The second kappa shape index (κ2) is 6.93. The molecular weight excluding hydrogens is 208 g/mol. The second-order valence-electron chi connectivity index (χ2n) is 3.67. The lowest BCUT2D eigenvalue weighted by Crippen LogP contribution is -2.24. The maximum Gasteiger partial charge on any atom is 0.107 e. The third kappa shape index (κ3) is 4.28. The zero-order valence-corrected chi connectivity index (χ0v) is 10.4. The fourth-order valence-electron chi connectivity index (χ4n) is 1.59. The van der Waals surface area contributed by atoms with Crippen molar-refractivity contribution in [1.29, 1.82) is 0 Å². The van der Waals surface area contributed by atoms with Gasteiger partial charge >= 0.3 is 0 Å². The van der Waals surface area contributed by atoms with Crippen LogP contribution in [0.1, 0.15) is 37.4 Å². The van der Waals surface area contributed by atoms with Crippen LogP contribution in [-0.2, 0) is 13.2 Å². The molecule has 3 nitrogen and oxygen atoms in total. The van der Waals surface area contributed by atoms with Crippen LogP contribution in [0.2, 0.25) is 0 Å². The summed E-state index contributed by atoms with van der Waals surface area (Å²) in [6.07, 6.45) is 2.36. The van der Waals surface area contributed by atoms with Crippen molar-refractivity contribution in [2.24, 2.45) is 0 Å². The van der Waals surface area contributed by atoms with Gasteiger partial charge in [-0.3, -0.25) is 4.90 Å². The average Bonchev–Trinajstić information content (AvgIpc) is 2.66. The van der Waals surface area contributed by atoms with Crippen molar-refractivity contribution in [2.45, 2.75) is 39.8 Å². The molecule has 0 atom stereocenters. The highest BCUT2D eigenvalue weighted by Crippen LogP contribution is 2.12. The van der Waals surface area contributed by atoms with Crippen molar-refractivity contribution in [3.8, 4) is 0 Å². The predicted molar refractivity (Wildman–Crippen MR) is 63.9 cm³/mol. The summed E-state index contributed by atoms with van der Waals surface area (Å²) in [6.45, 7) is 7.63. The van der Waals surface area contributed by atoms with E-state index in [1.807, 2.05) is 5.38 Å². The minimum Gasteiger partial charge on any atom is -0.390 e. The van der Waals surface area contributed by atoms with Gasteiger partial charge in [0.2, 0.25) is 0 Å². The van der Waals surface area contributed by atoms with E-state index in [1.165, 1.54) is 12.8 Å². The lowest BCUT2D eigenvalue weighted by molar-refractivity contribution is 0.262. The topological polar surface area (TPSA) is 36.4 Å². The van der Waals surface area contributed by atoms with Crippen molar-refractivity contribution < 1.29 is 5.11 Å². The fraction of sp³-hybridized carbons (Fsp3) is 0.727. The fourth-order valence-corrected chi connectivity index (χ4v) is 2.41. The summed E-state index contributed by atoms with van der Waals surface area (Å²) in [5, 5.41) is 12.0. The van der Waals surface area contributed by atoms with Crippen LogP contribution in [0.5, 0.6) is 0 Å². The molecule has 0 aliphatic heterocycles. The minimum absolute atomic E-state index is 0.0536. The van der Waals surface area contributed by atoms with Gasteiger partial charge in [0.25, 0.3) is 0 Å². The molecule has 0 saturated carbocycles. The Morgan fingerprint density at radius 2 is 2.00 bits per heavy atom. The van der Waals surface area contributed by atoms with E-state index in [1.54, 1.807) is 11.3 Å². The number of hydrogen-bond donors (Lipinski definition) is 1. The normalized spacial score (nSPS) is 11.2. The van der Waals surface area contributed by atoms with Crippen molar-refractivity contribution >= 4 is 11.3 Å². The van der Waals surface area contributed by atoms with E-state index in [9.17, 15) is 0 Å². The smallest absolute Gasteiger partial charge is 0.107 e. The molecule has 0 aliphatic carbocycles. The highest BCUT2D eigenvalue weighted by atomic mass is 32.1. The Balaban J connectivity index is 2.48. The first kappa shape index (κ1) is 12.6. The molecule has 86 valence electrons. The van der Waals surface area contributed by atoms with E-state index in [0.29, 0.717) is 0 Å². The summed E-state index contributed by atoms with van der Waals surface area (Å²) in [4.78, 5) is 6.78. The van der Waals surface area contributed by atoms with Crippen LogP contribution in [0.25, 0.3) is 0 Å². The minimum atomic E-state index is 0.0536. The van der Waals surface area contributed by atoms with E-state index < -0.39 is 0 Å². The number of aliphatic hydroxyl groups excluding tert-OH is 1. The Kier molecular flexibility index (Phi) is 5.83. The second-order valence-corrected chi connectivity index (χ2v) is 4.61. The molecule has 1 aromatic rings. The third-order valence-corrected chi connectivity index (χ3v) is 3.08. The van der Waals surface area contributed by atoms with Crippen LogP contribution in [0.4, 0.5) is 0 Å². The first-order valence-corrected chi connectivity index (χ1v) is 6.44. The zero-order valence-electron chi connectivity index (χ0n) is 9.57. The highest BCUT2D eigenvalue weighted by molar-refractivity contribution is 7.09. The van der Waals surface area contributed by atoms with Crippen molar-refractivity contribution in [3.63, 3.8) is 0 Å². The Bertz CT molecular complexity index is 269. The molecule has 1 heterocycles. The summed E-state index contributed by atoms with van der Waals surface area (Å²) in [5.41, 5.74) is 0.794. The van der Waals surface area contributed by atoms with Gasteiger partial charge < -0.3 is 5.11 Å². The van der Waals surface area contributed by atoms with Crippen LogP contribution in [0.3, 0.4) is 0 Å². The van der Waals surface area contributed by atoms with Gasteiger partial charge in [0.05, 0.1) is 18.8 Å². The van der Waals surface area contributed by atoms with Gasteiger partial charge in [0.1, 0.15) is 5.01 Å². The van der Waals surface area contributed by atoms with Gasteiger partial charge in [-0.2, -0.15) is 0 Å². The Morgan fingerprint density at radius 3 is 2.47 bits per heavy atom. The molecule has 15 heavy (non-hydrogen) atoms. The molecule has 0 fully saturated rings. The van der Waals surface area contributed by atoms with E-state index in [-0.39, 0.29) is 6.61 Å². The first-order chi connectivity index (χ1) is 7.30. The molecule has 0 bridgehead atoms. The summed E-state index contributed by atoms with van der Waals surface area (Å²) < 4.78 is 0.